The molecule has 0 N–H and O–H groups in total. The smallest absolute Gasteiger partial charge is 0.151 e. The number of aromatic nitrogens is 1. The Labute approximate surface area is 108 Å². The molecule has 0 aromatic carbocycles. The Morgan fingerprint density at radius 3 is 2.83 bits per heavy atom. The number of hydrogen-bond donors (Lipinski definition) is 0. The van der Waals surface area contributed by atoms with Crippen LogP contribution in [0.1, 0.15) is 29.6 Å². The van der Waals surface area contributed by atoms with E-state index in [4.69, 9.17) is 0 Å². The van der Waals surface area contributed by atoms with Crippen LogP contribution >= 0.6 is 0 Å². The second-order valence-electron chi connectivity index (χ2n) is 5.35. The van der Waals surface area contributed by atoms with Gasteiger partial charge in [0.1, 0.15) is 5.82 Å². The standard InChI is InChI=1S/C14H19N3O/c1-16-12-3-4-13(16)9-17(7-6-12)14-5-2-11(10-18)8-15-14/h2,5,8,10,12-13H,3-4,6-7,9H2,1H3. The van der Waals surface area contributed by atoms with E-state index in [1.54, 1.807) is 6.20 Å². The van der Waals surface area contributed by atoms with Gasteiger partial charge < -0.3 is 4.90 Å². The Hall–Kier alpha value is -1.42. The molecule has 18 heavy (non-hydrogen) atoms. The highest BCUT2D eigenvalue weighted by atomic mass is 16.1. The van der Waals surface area contributed by atoms with Crippen LogP contribution < -0.4 is 4.90 Å². The minimum absolute atomic E-state index is 0.646. The fourth-order valence-electron chi connectivity index (χ4n) is 3.17. The molecule has 4 heteroatoms. The van der Waals surface area contributed by atoms with E-state index in [9.17, 15) is 4.79 Å². The zero-order valence-electron chi connectivity index (χ0n) is 10.7. The molecule has 2 aliphatic rings. The van der Waals surface area contributed by atoms with Gasteiger partial charge in [0.05, 0.1) is 0 Å². The Morgan fingerprint density at radius 1 is 1.28 bits per heavy atom. The highest BCUT2D eigenvalue weighted by Gasteiger charge is 2.34. The zero-order chi connectivity index (χ0) is 12.5. The summed E-state index contributed by atoms with van der Waals surface area (Å²) in [5, 5.41) is 0. The number of hydrogen-bond acceptors (Lipinski definition) is 4. The summed E-state index contributed by atoms with van der Waals surface area (Å²) in [7, 11) is 2.24. The minimum atomic E-state index is 0.646. The molecule has 1 aromatic heterocycles. The molecule has 0 saturated carbocycles. The number of anilines is 1. The van der Waals surface area contributed by atoms with Gasteiger partial charge in [0.15, 0.2) is 6.29 Å². The van der Waals surface area contributed by atoms with Gasteiger partial charge in [0, 0.05) is 36.9 Å². The van der Waals surface area contributed by atoms with Gasteiger partial charge in [-0.25, -0.2) is 4.98 Å². The van der Waals surface area contributed by atoms with Crippen molar-refractivity contribution >= 4 is 12.1 Å². The summed E-state index contributed by atoms with van der Waals surface area (Å²) < 4.78 is 0. The van der Waals surface area contributed by atoms with Crippen molar-refractivity contribution in [2.45, 2.75) is 31.3 Å². The van der Waals surface area contributed by atoms with Crippen LogP contribution in [0.5, 0.6) is 0 Å². The molecule has 0 radical (unpaired) electrons. The van der Waals surface area contributed by atoms with Crippen molar-refractivity contribution in [3.05, 3.63) is 23.9 Å². The van der Waals surface area contributed by atoms with E-state index in [1.165, 1.54) is 19.3 Å². The van der Waals surface area contributed by atoms with Crippen molar-refractivity contribution in [1.82, 2.24) is 9.88 Å². The lowest BCUT2D eigenvalue weighted by Crippen LogP contribution is -2.36. The number of carbonyl (C=O) groups is 1. The van der Waals surface area contributed by atoms with Crippen molar-refractivity contribution in [3.8, 4) is 0 Å². The predicted octanol–water partition coefficient (Wildman–Crippen LogP) is 1.57. The molecular formula is C14H19N3O. The Morgan fingerprint density at radius 2 is 2.11 bits per heavy atom. The van der Waals surface area contributed by atoms with E-state index in [-0.39, 0.29) is 0 Å². The fraction of sp³-hybridized carbons (Fsp3) is 0.571. The monoisotopic (exact) mass is 245 g/mol. The number of carbonyl (C=O) groups excluding carboxylic acids is 1. The molecule has 0 amide bonds. The van der Waals surface area contributed by atoms with E-state index in [0.717, 1.165) is 31.2 Å². The minimum Gasteiger partial charge on any atom is -0.355 e. The molecule has 1 aromatic rings. The Bertz CT molecular complexity index is 431. The first-order valence-electron chi connectivity index (χ1n) is 6.66. The van der Waals surface area contributed by atoms with E-state index in [0.29, 0.717) is 11.6 Å². The number of fused-ring (bicyclic) bond motifs is 2. The average molecular weight is 245 g/mol. The van der Waals surface area contributed by atoms with Crippen molar-refractivity contribution in [2.75, 3.05) is 25.0 Å². The van der Waals surface area contributed by atoms with Crippen LogP contribution in [-0.2, 0) is 0 Å². The summed E-state index contributed by atoms with van der Waals surface area (Å²) in [5.41, 5.74) is 0.646. The van der Waals surface area contributed by atoms with Gasteiger partial charge in [0.25, 0.3) is 0 Å². The largest absolute Gasteiger partial charge is 0.355 e. The molecular weight excluding hydrogens is 226 g/mol. The Balaban J connectivity index is 1.78. The van der Waals surface area contributed by atoms with Gasteiger partial charge in [-0.05, 0) is 38.4 Å². The van der Waals surface area contributed by atoms with Gasteiger partial charge in [-0.15, -0.1) is 0 Å². The van der Waals surface area contributed by atoms with Crippen LogP contribution in [0.2, 0.25) is 0 Å². The molecule has 96 valence electrons. The first kappa shape index (κ1) is 11.7. The molecule has 3 heterocycles. The molecule has 2 bridgehead atoms. The Kier molecular flexibility index (Phi) is 3.04. The normalized spacial score (nSPS) is 28.2. The topological polar surface area (TPSA) is 36.4 Å². The summed E-state index contributed by atoms with van der Waals surface area (Å²) in [6, 6.07) is 5.21. The maximum absolute atomic E-state index is 10.6. The van der Waals surface area contributed by atoms with E-state index in [1.807, 2.05) is 12.1 Å². The van der Waals surface area contributed by atoms with Crippen molar-refractivity contribution in [3.63, 3.8) is 0 Å². The number of nitrogens with zero attached hydrogens (tertiary/aromatic N) is 3. The molecule has 2 unspecified atom stereocenters. The van der Waals surface area contributed by atoms with Gasteiger partial charge in [-0.3, -0.25) is 9.69 Å². The molecule has 0 aliphatic carbocycles. The van der Waals surface area contributed by atoms with E-state index < -0.39 is 0 Å². The quantitative estimate of drug-likeness (QED) is 0.741. The molecule has 2 fully saturated rings. The molecule has 3 rings (SSSR count). The lowest BCUT2D eigenvalue weighted by Gasteiger charge is -2.26. The average Bonchev–Trinajstić information content (AvgIpc) is 2.64. The number of pyridine rings is 1. The van der Waals surface area contributed by atoms with Gasteiger partial charge >= 0.3 is 0 Å². The van der Waals surface area contributed by atoms with Crippen molar-refractivity contribution in [1.29, 1.82) is 0 Å². The van der Waals surface area contributed by atoms with Gasteiger partial charge in [-0.2, -0.15) is 0 Å². The van der Waals surface area contributed by atoms with Crippen LogP contribution in [0.25, 0.3) is 0 Å². The highest BCUT2D eigenvalue weighted by molar-refractivity contribution is 5.74. The van der Waals surface area contributed by atoms with Gasteiger partial charge in [0.2, 0.25) is 0 Å². The van der Waals surface area contributed by atoms with E-state index in [2.05, 4.69) is 21.8 Å². The lowest BCUT2D eigenvalue weighted by molar-refractivity contribution is 0.112. The second kappa shape index (κ2) is 4.69. The number of likely N-dealkylation sites (N-methyl/N-ethyl adjacent to an activating group) is 1. The van der Waals surface area contributed by atoms with E-state index >= 15 is 0 Å². The second-order valence-corrected chi connectivity index (χ2v) is 5.35. The van der Waals surface area contributed by atoms with Crippen LogP contribution in [0.3, 0.4) is 0 Å². The molecule has 4 nitrogen and oxygen atoms in total. The third kappa shape index (κ3) is 2.01. The van der Waals surface area contributed by atoms with Gasteiger partial charge in [-0.1, -0.05) is 0 Å². The zero-order valence-corrected chi connectivity index (χ0v) is 10.7. The summed E-state index contributed by atoms with van der Waals surface area (Å²) in [6.45, 7) is 2.12. The molecule has 0 spiro atoms. The highest BCUT2D eigenvalue weighted by Crippen LogP contribution is 2.29. The molecule has 2 atom stereocenters. The first-order valence-corrected chi connectivity index (χ1v) is 6.66. The SMILES string of the molecule is CN1C2CCC1CN(c1ccc(C=O)cn1)CC2. The summed E-state index contributed by atoms with van der Waals surface area (Å²) in [6.07, 6.45) is 6.35. The van der Waals surface area contributed by atoms with Crippen LogP contribution in [0.15, 0.2) is 18.3 Å². The maximum Gasteiger partial charge on any atom is 0.151 e. The van der Waals surface area contributed by atoms with Crippen molar-refractivity contribution < 1.29 is 4.79 Å². The maximum atomic E-state index is 10.6. The van der Waals surface area contributed by atoms with Crippen LogP contribution in [0, 0.1) is 0 Å². The van der Waals surface area contributed by atoms with Crippen molar-refractivity contribution in [2.24, 2.45) is 0 Å². The summed E-state index contributed by atoms with van der Waals surface area (Å²) >= 11 is 0. The third-order valence-electron chi connectivity index (χ3n) is 4.38. The van der Waals surface area contributed by atoms with Crippen LogP contribution in [0.4, 0.5) is 5.82 Å². The third-order valence-corrected chi connectivity index (χ3v) is 4.38. The number of rotatable bonds is 2. The molecule has 2 saturated heterocycles. The van der Waals surface area contributed by atoms with Crippen LogP contribution in [-0.4, -0.2) is 48.4 Å². The lowest BCUT2D eigenvalue weighted by atomic mass is 10.1. The summed E-state index contributed by atoms with van der Waals surface area (Å²) in [4.78, 5) is 19.9. The number of aldehydes is 1. The molecule has 2 aliphatic heterocycles. The fourth-order valence-corrected chi connectivity index (χ4v) is 3.17. The summed E-state index contributed by atoms with van der Waals surface area (Å²) in [5.74, 6) is 1.00. The first-order chi connectivity index (χ1) is 8.78. The predicted molar refractivity (Wildman–Crippen MR) is 71.0 cm³/mol.